The number of rotatable bonds is 4. The summed E-state index contributed by atoms with van der Waals surface area (Å²) in [5.41, 5.74) is 0. The zero-order valence-corrected chi connectivity index (χ0v) is 13.0. The van der Waals surface area contributed by atoms with Gasteiger partial charge in [0.15, 0.2) is 0 Å². The molecule has 3 nitrogen and oxygen atoms in total. The van der Waals surface area contributed by atoms with Crippen LogP contribution in [-0.4, -0.2) is 26.3 Å². The smallest absolute Gasteiger partial charge is 0.135 e. The molecule has 1 saturated carbocycles. The van der Waals surface area contributed by atoms with E-state index in [2.05, 4.69) is 37.2 Å². The number of halogens is 2. The Kier molecular flexibility index (Phi) is 4.33. The minimum atomic E-state index is 0.309. The van der Waals surface area contributed by atoms with E-state index < -0.39 is 0 Å². The third-order valence-electron chi connectivity index (χ3n) is 3.00. The number of hydrogen-bond donors (Lipinski definition) is 1. The lowest BCUT2D eigenvalue weighted by molar-refractivity contribution is 0.0876. The molecule has 0 bridgehead atoms. The number of methoxy groups -OCH3 is 1. The molecule has 0 spiro atoms. The lowest BCUT2D eigenvalue weighted by atomic mass is 9.89. The predicted octanol–water partition coefficient (Wildman–Crippen LogP) is 3.35. The molecule has 0 amide bonds. The van der Waals surface area contributed by atoms with Crippen LogP contribution in [0.5, 0.6) is 11.5 Å². The van der Waals surface area contributed by atoms with Crippen molar-refractivity contribution in [3.8, 4) is 11.5 Å². The molecular formula is C12H15Br2NO2. The van der Waals surface area contributed by atoms with Gasteiger partial charge in [0, 0.05) is 6.04 Å². The van der Waals surface area contributed by atoms with E-state index in [-0.39, 0.29) is 0 Å². The molecule has 1 fully saturated rings. The Morgan fingerprint density at radius 3 is 2.35 bits per heavy atom. The zero-order chi connectivity index (χ0) is 12.4. The van der Waals surface area contributed by atoms with E-state index in [1.807, 2.05) is 19.2 Å². The van der Waals surface area contributed by atoms with Gasteiger partial charge in [-0.25, -0.2) is 0 Å². The van der Waals surface area contributed by atoms with Gasteiger partial charge in [0.25, 0.3) is 0 Å². The molecule has 1 aliphatic rings. The molecule has 0 saturated heterocycles. The molecular weight excluding hydrogens is 350 g/mol. The SMILES string of the molecule is CNC1CC(Oc2cc(Br)c(OC)cc2Br)C1. The fourth-order valence-electron chi connectivity index (χ4n) is 1.83. The average molecular weight is 365 g/mol. The number of nitrogens with one attached hydrogen (secondary N) is 1. The second-order valence-electron chi connectivity index (χ2n) is 4.11. The van der Waals surface area contributed by atoms with Crippen molar-refractivity contribution in [3.63, 3.8) is 0 Å². The molecule has 0 unspecified atom stereocenters. The van der Waals surface area contributed by atoms with Crippen molar-refractivity contribution in [2.75, 3.05) is 14.2 Å². The minimum Gasteiger partial charge on any atom is -0.496 e. The van der Waals surface area contributed by atoms with Crippen LogP contribution in [0.3, 0.4) is 0 Å². The van der Waals surface area contributed by atoms with Gasteiger partial charge in [0.2, 0.25) is 0 Å². The summed E-state index contributed by atoms with van der Waals surface area (Å²) < 4.78 is 13.0. The summed E-state index contributed by atoms with van der Waals surface area (Å²) in [6, 6.07) is 4.45. The summed E-state index contributed by atoms with van der Waals surface area (Å²) in [5, 5.41) is 3.24. The highest BCUT2D eigenvalue weighted by atomic mass is 79.9. The van der Waals surface area contributed by atoms with Crippen LogP contribution < -0.4 is 14.8 Å². The van der Waals surface area contributed by atoms with E-state index in [0.717, 1.165) is 33.3 Å². The van der Waals surface area contributed by atoms with Gasteiger partial charge in [-0.1, -0.05) is 0 Å². The lowest BCUT2D eigenvalue weighted by Gasteiger charge is -2.35. The standard InChI is InChI=1S/C12H15Br2NO2/c1-15-7-3-8(4-7)17-12-6-9(13)11(16-2)5-10(12)14/h5-8,15H,3-4H2,1-2H3. The quantitative estimate of drug-likeness (QED) is 0.888. The van der Waals surface area contributed by atoms with Crippen molar-refractivity contribution in [2.45, 2.75) is 25.0 Å². The largest absolute Gasteiger partial charge is 0.496 e. The lowest BCUT2D eigenvalue weighted by Crippen LogP contribution is -2.45. The summed E-state index contributed by atoms with van der Waals surface area (Å²) in [6.07, 6.45) is 2.43. The van der Waals surface area contributed by atoms with E-state index in [4.69, 9.17) is 9.47 Å². The molecule has 2 rings (SSSR count). The van der Waals surface area contributed by atoms with E-state index in [1.165, 1.54) is 0 Å². The Morgan fingerprint density at radius 1 is 1.18 bits per heavy atom. The summed E-state index contributed by atoms with van der Waals surface area (Å²) in [7, 11) is 3.64. The van der Waals surface area contributed by atoms with E-state index in [1.54, 1.807) is 7.11 Å². The third-order valence-corrected chi connectivity index (χ3v) is 4.24. The molecule has 1 aliphatic carbocycles. The summed E-state index contributed by atoms with van der Waals surface area (Å²) in [4.78, 5) is 0. The van der Waals surface area contributed by atoms with Gasteiger partial charge >= 0.3 is 0 Å². The molecule has 0 aliphatic heterocycles. The third kappa shape index (κ3) is 2.95. The number of benzene rings is 1. The van der Waals surface area contributed by atoms with E-state index in [0.29, 0.717) is 12.1 Å². The summed E-state index contributed by atoms with van der Waals surface area (Å²) in [6.45, 7) is 0. The monoisotopic (exact) mass is 363 g/mol. The van der Waals surface area contributed by atoms with Crippen LogP contribution in [0, 0.1) is 0 Å². The maximum absolute atomic E-state index is 5.92. The van der Waals surface area contributed by atoms with Gasteiger partial charge in [0.1, 0.15) is 17.6 Å². The van der Waals surface area contributed by atoms with Crippen molar-refractivity contribution >= 4 is 31.9 Å². The van der Waals surface area contributed by atoms with E-state index in [9.17, 15) is 0 Å². The fourth-order valence-corrected chi connectivity index (χ4v) is 2.73. The molecule has 0 aromatic heterocycles. The molecule has 5 heteroatoms. The number of ether oxygens (including phenoxy) is 2. The van der Waals surface area contributed by atoms with Gasteiger partial charge in [-0.2, -0.15) is 0 Å². The Labute approximate surface area is 118 Å². The predicted molar refractivity (Wildman–Crippen MR) is 74.9 cm³/mol. The number of hydrogen-bond acceptors (Lipinski definition) is 3. The van der Waals surface area contributed by atoms with Crippen molar-refractivity contribution in [3.05, 3.63) is 21.1 Å². The fraction of sp³-hybridized carbons (Fsp3) is 0.500. The van der Waals surface area contributed by atoms with Gasteiger partial charge in [-0.05, 0) is 63.9 Å². The molecule has 0 heterocycles. The maximum atomic E-state index is 5.92. The van der Waals surface area contributed by atoms with Crippen molar-refractivity contribution in [1.82, 2.24) is 5.32 Å². The average Bonchev–Trinajstić information content (AvgIpc) is 2.26. The molecule has 1 aromatic rings. The normalized spacial score (nSPS) is 23.1. The van der Waals surface area contributed by atoms with Crippen LogP contribution >= 0.6 is 31.9 Å². The first kappa shape index (κ1) is 13.2. The molecule has 0 atom stereocenters. The highest BCUT2D eigenvalue weighted by Gasteiger charge is 2.30. The Hall–Kier alpha value is -0.260. The first-order valence-electron chi connectivity index (χ1n) is 5.51. The highest BCUT2D eigenvalue weighted by molar-refractivity contribution is 9.11. The van der Waals surface area contributed by atoms with Crippen LogP contribution in [0.4, 0.5) is 0 Å². The van der Waals surface area contributed by atoms with Gasteiger partial charge in [0.05, 0.1) is 16.1 Å². The Balaban J connectivity index is 2.04. The molecule has 1 N–H and O–H groups in total. The molecule has 94 valence electrons. The van der Waals surface area contributed by atoms with Crippen molar-refractivity contribution in [2.24, 2.45) is 0 Å². The van der Waals surface area contributed by atoms with Crippen LogP contribution in [0.25, 0.3) is 0 Å². The first-order chi connectivity index (χ1) is 8.13. The van der Waals surface area contributed by atoms with Crippen LogP contribution in [0.15, 0.2) is 21.1 Å². The second-order valence-corrected chi connectivity index (χ2v) is 5.82. The molecule has 1 aromatic carbocycles. The summed E-state index contributed by atoms with van der Waals surface area (Å²) in [5.74, 6) is 1.66. The van der Waals surface area contributed by atoms with Gasteiger partial charge in [-0.15, -0.1) is 0 Å². The van der Waals surface area contributed by atoms with Crippen molar-refractivity contribution < 1.29 is 9.47 Å². The van der Waals surface area contributed by atoms with Gasteiger partial charge < -0.3 is 14.8 Å². The topological polar surface area (TPSA) is 30.5 Å². The minimum absolute atomic E-state index is 0.309. The summed E-state index contributed by atoms with van der Waals surface area (Å²) >= 11 is 6.95. The van der Waals surface area contributed by atoms with Crippen molar-refractivity contribution in [1.29, 1.82) is 0 Å². The first-order valence-corrected chi connectivity index (χ1v) is 7.09. The van der Waals surface area contributed by atoms with Crippen LogP contribution in [0.2, 0.25) is 0 Å². The Morgan fingerprint density at radius 2 is 1.76 bits per heavy atom. The molecule has 0 radical (unpaired) electrons. The Bertz CT molecular complexity index is 406. The second kappa shape index (κ2) is 5.59. The van der Waals surface area contributed by atoms with Crippen LogP contribution in [0.1, 0.15) is 12.8 Å². The zero-order valence-electron chi connectivity index (χ0n) is 9.80. The maximum Gasteiger partial charge on any atom is 0.135 e. The highest BCUT2D eigenvalue weighted by Crippen LogP contribution is 2.38. The van der Waals surface area contributed by atoms with E-state index >= 15 is 0 Å². The van der Waals surface area contributed by atoms with Crippen LogP contribution in [-0.2, 0) is 0 Å². The van der Waals surface area contributed by atoms with Gasteiger partial charge in [-0.3, -0.25) is 0 Å². The molecule has 17 heavy (non-hydrogen) atoms.